The first-order valence-electron chi connectivity index (χ1n) is 14.7. The van der Waals surface area contributed by atoms with Gasteiger partial charge in [-0.05, 0) is 86.8 Å². The number of benzene rings is 2. The molecule has 2 atom stereocenters. The molecule has 40 heavy (non-hydrogen) atoms. The molecule has 2 aliphatic heterocycles. The Morgan fingerprint density at radius 2 is 1.00 bits per heavy atom. The lowest BCUT2D eigenvalue weighted by atomic mass is 9.98. The lowest BCUT2D eigenvalue weighted by molar-refractivity contribution is -0.120. The fraction of sp³-hybridized carbons (Fsp3) is 0.562. The SMILES string of the molecule is COc1ccc(C2CNC(=O)C2)cc1OC1CCCC1.COc1ccc(C2CNC(=O)C2)cc1OC1CCCC1. The molecule has 0 aromatic heterocycles. The third-order valence-corrected chi connectivity index (χ3v) is 8.46. The lowest BCUT2D eigenvalue weighted by Gasteiger charge is -2.18. The zero-order valence-corrected chi connectivity index (χ0v) is 23.7. The highest BCUT2D eigenvalue weighted by Gasteiger charge is 2.26. The molecule has 8 heteroatoms. The van der Waals surface area contributed by atoms with Crippen LogP contribution in [0.4, 0.5) is 0 Å². The number of carbonyl (C=O) groups excluding carboxylic acids is 2. The Morgan fingerprint density at radius 3 is 1.32 bits per heavy atom. The predicted molar refractivity (Wildman–Crippen MR) is 152 cm³/mol. The van der Waals surface area contributed by atoms with Gasteiger partial charge in [-0.2, -0.15) is 0 Å². The molecule has 4 fully saturated rings. The molecule has 2 saturated heterocycles. The molecule has 0 bridgehead atoms. The molecule has 0 radical (unpaired) electrons. The van der Waals surface area contributed by atoms with Gasteiger partial charge in [-0.1, -0.05) is 12.1 Å². The van der Waals surface area contributed by atoms with E-state index in [0.29, 0.717) is 38.1 Å². The molecule has 2 aliphatic carbocycles. The van der Waals surface area contributed by atoms with Crippen molar-refractivity contribution in [1.82, 2.24) is 10.6 Å². The second-order valence-corrected chi connectivity index (χ2v) is 11.3. The molecule has 2 saturated carbocycles. The van der Waals surface area contributed by atoms with Gasteiger partial charge in [0.15, 0.2) is 23.0 Å². The van der Waals surface area contributed by atoms with Crippen LogP contribution in [-0.2, 0) is 9.59 Å². The van der Waals surface area contributed by atoms with E-state index in [9.17, 15) is 9.59 Å². The van der Waals surface area contributed by atoms with E-state index >= 15 is 0 Å². The van der Waals surface area contributed by atoms with Crippen molar-refractivity contribution in [3.63, 3.8) is 0 Å². The van der Waals surface area contributed by atoms with E-state index in [4.69, 9.17) is 18.9 Å². The quantitative estimate of drug-likeness (QED) is 0.467. The van der Waals surface area contributed by atoms with Gasteiger partial charge in [0, 0.05) is 37.8 Å². The van der Waals surface area contributed by atoms with Gasteiger partial charge in [0.05, 0.1) is 26.4 Å². The first kappa shape index (κ1) is 28.1. The summed E-state index contributed by atoms with van der Waals surface area (Å²) in [6.45, 7) is 1.43. The molecule has 2 N–H and O–H groups in total. The van der Waals surface area contributed by atoms with Crippen LogP contribution >= 0.6 is 0 Å². The van der Waals surface area contributed by atoms with Crippen LogP contribution in [0.25, 0.3) is 0 Å². The largest absolute Gasteiger partial charge is 0.493 e. The number of amides is 2. The van der Waals surface area contributed by atoms with E-state index in [1.807, 2.05) is 36.4 Å². The van der Waals surface area contributed by atoms with Crippen molar-refractivity contribution < 1.29 is 28.5 Å². The summed E-state index contributed by atoms with van der Waals surface area (Å²) in [5, 5.41) is 5.76. The smallest absolute Gasteiger partial charge is 0.220 e. The number of ether oxygens (including phenoxy) is 4. The highest BCUT2D eigenvalue weighted by atomic mass is 16.5. The molecule has 216 valence electrons. The molecule has 2 aromatic rings. The molecule has 4 aliphatic rings. The maximum absolute atomic E-state index is 11.3. The molecule has 8 nitrogen and oxygen atoms in total. The van der Waals surface area contributed by atoms with Gasteiger partial charge in [-0.15, -0.1) is 0 Å². The average Bonchev–Trinajstić information content (AvgIpc) is 3.79. The Bertz CT molecular complexity index is 1080. The number of carbonyl (C=O) groups is 2. The Hall–Kier alpha value is -3.42. The Kier molecular flexibility index (Phi) is 9.34. The molecule has 2 unspecified atom stereocenters. The summed E-state index contributed by atoms with van der Waals surface area (Å²) in [4.78, 5) is 22.7. The predicted octanol–water partition coefficient (Wildman–Crippen LogP) is 5.24. The van der Waals surface area contributed by atoms with Crippen LogP contribution in [0.3, 0.4) is 0 Å². The Balaban J connectivity index is 0.000000161. The van der Waals surface area contributed by atoms with Crippen LogP contribution in [0.15, 0.2) is 36.4 Å². The molecule has 2 aromatic carbocycles. The van der Waals surface area contributed by atoms with E-state index in [2.05, 4.69) is 10.6 Å². The summed E-state index contributed by atoms with van der Waals surface area (Å²) in [6.07, 6.45) is 11.2. The lowest BCUT2D eigenvalue weighted by Crippen LogP contribution is -2.14. The molecular weight excluding hydrogens is 508 g/mol. The molecule has 0 spiro atoms. The third kappa shape index (κ3) is 7.01. The topological polar surface area (TPSA) is 95.1 Å². The van der Waals surface area contributed by atoms with E-state index in [0.717, 1.165) is 59.8 Å². The van der Waals surface area contributed by atoms with Crippen molar-refractivity contribution in [2.45, 2.75) is 88.3 Å². The number of nitrogens with one attached hydrogen (secondary N) is 2. The van der Waals surface area contributed by atoms with Gasteiger partial charge in [0.25, 0.3) is 0 Å². The maximum atomic E-state index is 11.3. The van der Waals surface area contributed by atoms with Gasteiger partial charge in [-0.25, -0.2) is 0 Å². The monoisotopic (exact) mass is 550 g/mol. The van der Waals surface area contributed by atoms with Gasteiger partial charge in [0.1, 0.15) is 0 Å². The minimum atomic E-state index is 0.129. The van der Waals surface area contributed by atoms with Crippen molar-refractivity contribution in [2.24, 2.45) is 0 Å². The Morgan fingerprint density at radius 1 is 0.600 bits per heavy atom. The summed E-state index contributed by atoms with van der Waals surface area (Å²) in [6, 6.07) is 12.0. The van der Waals surface area contributed by atoms with Crippen LogP contribution in [0, 0.1) is 0 Å². The minimum Gasteiger partial charge on any atom is -0.493 e. The van der Waals surface area contributed by atoms with Crippen molar-refractivity contribution in [3.05, 3.63) is 47.5 Å². The highest BCUT2D eigenvalue weighted by Crippen LogP contribution is 2.37. The van der Waals surface area contributed by atoms with Crippen molar-refractivity contribution in [3.8, 4) is 23.0 Å². The van der Waals surface area contributed by atoms with E-state index < -0.39 is 0 Å². The summed E-state index contributed by atoms with van der Waals surface area (Å²) in [5.74, 6) is 3.94. The molecule has 2 amide bonds. The number of hydrogen-bond donors (Lipinski definition) is 2. The fourth-order valence-electron chi connectivity index (χ4n) is 6.13. The van der Waals surface area contributed by atoms with Crippen LogP contribution in [0.2, 0.25) is 0 Å². The van der Waals surface area contributed by atoms with E-state index in [-0.39, 0.29) is 23.7 Å². The minimum absolute atomic E-state index is 0.129. The van der Waals surface area contributed by atoms with Crippen LogP contribution in [0.5, 0.6) is 23.0 Å². The van der Waals surface area contributed by atoms with Crippen LogP contribution in [-0.4, -0.2) is 51.3 Å². The molecular formula is C32H42N2O6. The Labute approximate surface area is 237 Å². The van der Waals surface area contributed by atoms with Crippen LogP contribution in [0.1, 0.15) is 87.2 Å². The van der Waals surface area contributed by atoms with Crippen molar-refractivity contribution >= 4 is 11.8 Å². The molecule has 6 rings (SSSR count). The molecule has 2 heterocycles. The second kappa shape index (κ2) is 13.3. The summed E-state index contributed by atoms with van der Waals surface area (Å²) >= 11 is 0. The standard InChI is InChI=1S/2C16H21NO3/c2*1-19-14-7-6-11(12-9-16(18)17-10-12)8-15(14)20-13-4-2-3-5-13/h2*6-8,12-13H,2-5,9-10H2,1H3,(H,17,18). The highest BCUT2D eigenvalue weighted by molar-refractivity contribution is 5.80. The van der Waals surface area contributed by atoms with Gasteiger partial charge in [0.2, 0.25) is 11.8 Å². The number of hydrogen-bond acceptors (Lipinski definition) is 6. The van der Waals surface area contributed by atoms with E-state index in [1.165, 1.54) is 25.7 Å². The van der Waals surface area contributed by atoms with E-state index in [1.54, 1.807) is 14.2 Å². The maximum Gasteiger partial charge on any atom is 0.220 e. The fourth-order valence-corrected chi connectivity index (χ4v) is 6.13. The van der Waals surface area contributed by atoms with Crippen molar-refractivity contribution in [1.29, 1.82) is 0 Å². The van der Waals surface area contributed by atoms with Gasteiger partial charge < -0.3 is 29.6 Å². The number of methoxy groups -OCH3 is 2. The number of rotatable bonds is 8. The zero-order valence-electron chi connectivity index (χ0n) is 23.7. The normalized spacial score (nSPS) is 22.9. The van der Waals surface area contributed by atoms with Crippen LogP contribution < -0.4 is 29.6 Å². The first-order valence-corrected chi connectivity index (χ1v) is 14.7. The summed E-state index contributed by atoms with van der Waals surface area (Å²) in [7, 11) is 3.33. The van der Waals surface area contributed by atoms with Crippen molar-refractivity contribution in [2.75, 3.05) is 27.3 Å². The first-order chi connectivity index (χ1) is 19.5. The zero-order chi connectivity index (χ0) is 27.9. The second-order valence-electron chi connectivity index (χ2n) is 11.3. The average molecular weight is 551 g/mol. The summed E-state index contributed by atoms with van der Waals surface area (Å²) < 4.78 is 23.0. The van der Waals surface area contributed by atoms with Gasteiger partial charge in [-0.3, -0.25) is 9.59 Å². The summed E-state index contributed by atoms with van der Waals surface area (Å²) in [5.41, 5.74) is 2.30. The van der Waals surface area contributed by atoms with Gasteiger partial charge >= 0.3 is 0 Å². The third-order valence-electron chi connectivity index (χ3n) is 8.46.